The topological polar surface area (TPSA) is 32.3 Å². The molecule has 0 radical (unpaired) electrons. The Morgan fingerprint density at radius 2 is 1.58 bits per heavy atom. The molecule has 0 spiro atoms. The molecular formula is C33H62N2O. The molecule has 1 saturated carbocycles. The predicted octanol–water partition coefficient (Wildman–Crippen LogP) is 9.41. The summed E-state index contributed by atoms with van der Waals surface area (Å²) in [5, 5.41) is 3.08. The van der Waals surface area contributed by atoms with Crippen LogP contribution in [0, 0.1) is 18.8 Å². The maximum atomic E-state index is 12.6. The van der Waals surface area contributed by atoms with Crippen LogP contribution in [-0.2, 0) is 0 Å². The molecule has 1 aromatic carbocycles. The average molecular weight is 503 g/mol. The van der Waals surface area contributed by atoms with E-state index in [-0.39, 0.29) is 5.91 Å². The number of rotatable bonds is 7. The fourth-order valence-corrected chi connectivity index (χ4v) is 4.57. The third-order valence-electron chi connectivity index (χ3n) is 7.13. The second-order valence-corrected chi connectivity index (χ2v) is 9.15. The Morgan fingerprint density at radius 1 is 1.00 bits per heavy atom. The lowest BCUT2D eigenvalue weighted by Crippen LogP contribution is -2.46. The molecule has 0 bridgehead atoms. The van der Waals surface area contributed by atoms with Gasteiger partial charge in [-0.2, -0.15) is 0 Å². The Bertz CT molecular complexity index is 720. The molecule has 210 valence electrons. The van der Waals surface area contributed by atoms with Crippen molar-refractivity contribution >= 4 is 5.91 Å². The summed E-state index contributed by atoms with van der Waals surface area (Å²) in [6, 6.07) is 6.89. The van der Waals surface area contributed by atoms with Crippen LogP contribution < -0.4 is 5.32 Å². The summed E-state index contributed by atoms with van der Waals surface area (Å²) in [6.07, 6.45) is 7.06. The number of aryl methyl sites for hydroxylation is 1. The van der Waals surface area contributed by atoms with Crippen LogP contribution in [0.1, 0.15) is 136 Å². The van der Waals surface area contributed by atoms with Gasteiger partial charge in [-0.25, -0.2) is 0 Å². The van der Waals surface area contributed by atoms with Gasteiger partial charge in [0.2, 0.25) is 0 Å². The lowest BCUT2D eigenvalue weighted by molar-refractivity contribution is 0.0910. The molecule has 0 aromatic heterocycles. The maximum Gasteiger partial charge on any atom is 0.251 e. The van der Waals surface area contributed by atoms with Crippen LogP contribution >= 0.6 is 0 Å². The minimum Gasteiger partial charge on any atom is -0.352 e. The number of carbonyl (C=O) groups is 1. The summed E-state index contributed by atoms with van der Waals surface area (Å²) in [5.41, 5.74) is 4.81. The van der Waals surface area contributed by atoms with Crippen LogP contribution in [0.5, 0.6) is 0 Å². The van der Waals surface area contributed by atoms with E-state index < -0.39 is 0 Å². The van der Waals surface area contributed by atoms with E-state index in [0.29, 0.717) is 24.4 Å². The van der Waals surface area contributed by atoms with Gasteiger partial charge in [-0.1, -0.05) is 80.0 Å². The molecule has 1 heterocycles. The summed E-state index contributed by atoms with van der Waals surface area (Å²) >= 11 is 0. The van der Waals surface area contributed by atoms with Crippen LogP contribution in [0.4, 0.5) is 0 Å². The number of hydrogen-bond donors (Lipinski definition) is 1. The number of allylic oxidation sites excluding steroid dienone is 1. The Hall–Kier alpha value is -1.61. The fourth-order valence-electron chi connectivity index (χ4n) is 4.57. The van der Waals surface area contributed by atoms with Crippen molar-refractivity contribution in [3.05, 3.63) is 46.5 Å². The highest BCUT2D eigenvalue weighted by molar-refractivity contribution is 5.94. The number of carbonyl (C=O) groups excluding carboxylic acids is 1. The molecule has 3 atom stereocenters. The molecule has 1 amide bonds. The molecule has 1 saturated heterocycles. The monoisotopic (exact) mass is 502 g/mol. The lowest BCUT2D eigenvalue weighted by atomic mass is 9.75. The molecule has 2 aliphatic rings. The quantitative estimate of drug-likeness (QED) is 0.377. The summed E-state index contributed by atoms with van der Waals surface area (Å²) in [4.78, 5) is 15.4. The Morgan fingerprint density at radius 3 is 2.11 bits per heavy atom. The van der Waals surface area contributed by atoms with Gasteiger partial charge in [0.05, 0.1) is 0 Å². The zero-order valence-electron chi connectivity index (χ0n) is 26.4. The first-order valence-corrected chi connectivity index (χ1v) is 15.1. The average Bonchev–Trinajstić information content (AvgIpc) is 3.76. The Labute approximate surface area is 226 Å². The highest BCUT2D eigenvalue weighted by Gasteiger charge is 2.36. The molecule has 1 N–H and O–H groups in total. The highest BCUT2D eigenvalue weighted by Crippen LogP contribution is 2.40. The Balaban J connectivity index is 0. The van der Waals surface area contributed by atoms with Gasteiger partial charge in [-0.05, 0) is 101 Å². The van der Waals surface area contributed by atoms with Crippen LogP contribution in [0.25, 0.3) is 0 Å². The highest BCUT2D eigenvalue weighted by atomic mass is 16.1. The zero-order chi connectivity index (χ0) is 28.3. The standard InChI is InChI=1S/C25H38N2O.4C2H6/c1-6-17(2)11-13-26-25(28)22-10-7-18(3)24(15-22)23-12-14-27(16-21-8-9-21)20(5)19(23)4;4*1-2/h6-7,10,15,19-21,23H,8-9,11-14,16H2,1-5H3,(H,26,28);4*1-2H3/b17-6+;;;;. The van der Waals surface area contributed by atoms with E-state index in [1.165, 1.54) is 49.1 Å². The van der Waals surface area contributed by atoms with Gasteiger partial charge in [-0.15, -0.1) is 0 Å². The molecule has 3 rings (SSSR count). The molecule has 1 aromatic rings. The molecule has 3 heteroatoms. The van der Waals surface area contributed by atoms with Gasteiger partial charge in [0.1, 0.15) is 0 Å². The van der Waals surface area contributed by atoms with Gasteiger partial charge in [0.15, 0.2) is 0 Å². The largest absolute Gasteiger partial charge is 0.352 e. The van der Waals surface area contributed by atoms with Gasteiger partial charge in [0, 0.05) is 24.7 Å². The summed E-state index contributed by atoms with van der Waals surface area (Å²) < 4.78 is 0. The SMILES string of the molecule is C/C=C(\C)CCNC(=O)c1ccc(C)c(C2CCN(CC3CC3)C(C)C2C)c1.CC.CC.CC.CC. The van der Waals surface area contributed by atoms with Crippen molar-refractivity contribution in [2.45, 2.75) is 128 Å². The number of nitrogens with zero attached hydrogens (tertiary/aromatic N) is 1. The van der Waals surface area contributed by atoms with Crippen molar-refractivity contribution in [3.8, 4) is 0 Å². The molecular weight excluding hydrogens is 440 g/mol. The number of piperidine rings is 1. The van der Waals surface area contributed by atoms with Gasteiger partial charge < -0.3 is 10.2 Å². The first kappa shape index (κ1) is 36.5. The van der Waals surface area contributed by atoms with Crippen LogP contribution in [0.2, 0.25) is 0 Å². The van der Waals surface area contributed by atoms with Gasteiger partial charge in [-0.3, -0.25) is 4.79 Å². The van der Waals surface area contributed by atoms with E-state index in [4.69, 9.17) is 0 Å². The van der Waals surface area contributed by atoms with E-state index in [0.717, 1.165) is 17.9 Å². The smallest absolute Gasteiger partial charge is 0.251 e. The van der Waals surface area contributed by atoms with Crippen LogP contribution in [0.3, 0.4) is 0 Å². The third kappa shape index (κ3) is 12.1. The lowest BCUT2D eigenvalue weighted by Gasteiger charge is -2.43. The van der Waals surface area contributed by atoms with Crippen molar-refractivity contribution in [3.63, 3.8) is 0 Å². The minimum atomic E-state index is 0.0528. The summed E-state index contributed by atoms with van der Waals surface area (Å²) in [7, 11) is 0. The number of hydrogen-bond acceptors (Lipinski definition) is 2. The van der Waals surface area contributed by atoms with Crippen LogP contribution in [0.15, 0.2) is 29.8 Å². The van der Waals surface area contributed by atoms with Gasteiger partial charge >= 0.3 is 0 Å². The van der Waals surface area contributed by atoms with E-state index in [1.54, 1.807) is 0 Å². The van der Waals surface area contributed by atoms with E-state index >= 15 is 0 Å². The van der Waals surface area contributed by atoms with Crippen molar-refractivity contribution in [1.29, 1.82) is 0 Å². The third-order valence-corrected chi connectivity index (χ3v) is 7.13. The second-order valence-electron chi connectivity index (χ2n) is 9.15. The first-order valence-electron chi connectivity index (χ1n) is 15.1. The minimum absolute atomic E-state index is 0.0528. The first-order chi connectivity index (χ1) is 17.4. The molecule has 2 fully saturated rings. The van der Waals surface area contributed by atoms with E-state index in [9.17, 15) is 4.79 Å². The summed E-state index contributed by atoms with van der Waals surface area (Å²) in [6.45, 7) is 30.3. The van der Waals surface area contributed by atoms with Crippen molar-refractivity contribution in [2.24, 2.45) is 11.8 Å². The number of likely N-dealkylation sites (tertiary alicyclic amines) is 1. The number of amides is 1. The predicted molar refractivity (Wildman–Crippen MR) is 163 cm³/mol. The second kappa shape index (κ2) is 21.5. The number of nitrogens with one attached hydrogen (secondary N) is 1. The number of benzene rings is 1. The van der Waals surface area contributed by atoms with Crippen molar-refractivity contribution in [1.82, 2.24) is 10.2 Å². The summed E-state index contributed by atoms with van der Waals surface area (Å²) in [5.74, 6) is 2.16. The van der Waals surface area contributed by atoms with E-state index in [1.807, 2.05) is 68.4 Å². The van der Waals surface area contributed by atoms with Crippen molar-refractivity contribution < 1.29 is 4.79 Å². The Kier molecular flexibility index (Phi) is 21.8. The van der Waals surface area contributed by atoms with Crippen molar-refractivity contribution in [2.75, 3.05) is 19.6 Å². The molecule has 3 unspecified atom stereocenters. The maximum absolute atomic E-state index is 12.6. The molecule has 1 aliphatic carbocycles. The van der Waals surface area contributed by atoms with Crippen LogP contribution in [-0.4, -0.2) is 36.5 Å². The van der Waals surface area contributed by atoms with Gasteiger partial charge in [0.25, 0.3) is 5.91 Å². The molecule has 3 nitrogen and oxygen atoms in total. The zero-order valence-corrected chi connectivity index (χ0v) is 26.4. The van der Waals surface area contributed by atoms with E-state index in [2.05, 4.69) is 56.1 Å². The molecule has 36 heavy (non-hydrogen) atoms. The fraction of sp³-hybridized carbons (Fsp3) is 0.727. The normalized spacial score (nSPS) is 21.1. The molecule has 1 aliphatic heterocycles.